The molecule has 0 aromatic heterocycles. The van der Waals surface area contributed by atoms with Crippen molar-refractivity contribution >= 4 is 0 Å². The molecule has 0 amide bonds. The molecule has 0 unspecified atom stereocenters. The van der Waals surface area contributed by atoms with Crippen LogP contribution in [-0.4, -0.2) is 6.61 Å². The number of rotatable bonds is 5. The first-order chi connectivity index (χ1) is 11.2. The van der Waals surface area contributed by atoms with E-state index in [0.29, 0.717) is 12.2 Å². The van der Waals surface area contributed by atoms with Crippen molar-refractivity contribution in [2.75, 3.05) is 6.61 Å². The maximum Gasteiger partial charge on any atom is 0.201 e. The molecule has 2 aliphatic rings. The van der Waals surface area contributed by atoms with Crippen LogP contribution in [0.3, 0.4) is 0 Å². The van der Waals surface area contributed by atoms with E-state index in [-0.39, 0.29) is 11.7 Å². The van der Waals surface area contributed by atoms with Gasteiger partial charge in [-0.15, -0.1) is 0 Å². The lowest BCUT2D eigenvalue weighted by atomic mass is 9.76. The monoisotopic (exact) mass is 322 g/mol. The third kappa shape index (κ3) is 3.70. The Bertz CT molecular complexity index is 533. The van der Waals surface area contributed by atoms with E-state index in [1.165, 1.54) is 25.7 Å². The fraction of sp³-hybridized carbons (Fsp3) is 0.700. The van der Waals surface area contributed by atoms with Crippen molar-refractivity contribution in [3.8, 4) is 5.75 Å². The summed E-state index contributed by atoms with van der Waals surface area (Å²) >= 11 is 0. The van der Waals surface area contributed by atoms with Gasteiger partial charge in [-0.25, -0.2) is 4.39 Å². The minimum Gasteiger partial charge on any atom is -0.490 e. The Morgan fingerprint density at radius 1 is 1.09 bits per heavy atom. The molecule has 0 saturated heterocycles. The molecule has 0 atom stereocenters. The fourth-order valence-electron chi connectivity index (χ4n) is 4.20. The molecule has 1 aromatic carbocycles. The maximum absolute atomic E-state index is 14.5. The predicted octanol–water partition coefficient (Wildman–Crippen LogP) is 6.14. The van der Waals surface area contributed by atoms with Crippen LogP contribution in [0.25, 0.3) is 0 Å². The van der Waals surface area contributed by atoms with Gasteiger partial charge in [0.2, 0.25) is 5.82 Å². The van der Waals surface area contributed by atoms with E-state index in [9.17, 15) is 8.78 Å². The average molecular weight is 322 g/mol. The van der Waals surface area contributed by atoms with Gasteiger partial charge in [-0.3, -0.25) is 0 Å². The Kier molecular flexibility index (Phi) is 5.55. The second kappa shape index (κ2) is 7.63. The summed E-state index contributed by atoms with van der Waals surface area (Å²) in [7, 11) is 0. The number of benzene rings is 1. The quantitative estimate of drug-likeness (QED) is 0.591. The Balaban J connectivity index is 1.67. The molecule has 0 N–H and O–H groups in total. The van der Waals surface area contributed by atoms with Gasteiger partial charge in [-0.1, -0.05) is 32.6 Å². The predicted molar refractivity (Wildman–Crippen MR) is 89.0 cm³/mol. The zero-order chi connectivity index (χ0) is 16.2. The lowest BCUT2D eigenvalue weighted by Gasteiger charge is -2.30. The number of aryl methyl sites for hydroxylation is 1. The van der Waals surface area contributed by atoms with Gasteiger partial charge in [0.1, 0.15) is 0 Å². The average Bonchev–Trinajstić information content (AvgIpc) is 2.59. The smallest absolute Gasteiger partial charge is 0.201 e. The van der Waals surface area contributed by atoms with Crippen molar-refractivity contribution in [2.45, 2.75) is 77.0 Å². The van der Waals surface area contributed by atoms with E-state index in [2.05, 4.69) is 6.92 Å². The van der Waals surface area contributed by atoms with Crippen molar-refractivity contribution in [1.29, 1.82) is 0 Å². The molecule has 1 heterocycles. The van der Waals surface area contributed by atoms with E-state index in [1.54, 1.807) is 0 Å². The van der Waals surface area contributed by atoms with E-state index in [1.807, 2.05) is 6.07 Å². The van der Waals surface area contributed by atoms with Crippen LogP contribution in [0, 0.1) is 17.6 Å². The van der Waals surface area contributed by atoms with Crippen LogP contribution in [0.15, 0.2) is 6.07 Å². The zero-order valence-corrected chi connectivity index (χ0v) is 14.2. The SMILES string of the molecule is CCCCC[C@H]1CC[C@H](c2cc3c(c(F)c2F)OCCC3)CC1. The third-order valence-corrected chi connectivity index (χ3v) is 5.61. The highest BCUT2D eigenvalue weighted by Gasteiger charge is 2.29. The van der Waals surface area contributed by atoms with Crippen LogP contribution in [0.2, 0.25) is 0 Å². The van der Waals surface area contributed by atoms with Gasteiger partial charge in [0.05, 0.1) is 6.61 Å². The molecule has 1 aliphatic heterocycles. The summed E-state index contributed by atoms with van der Waals surface area (Å²) < 4.78 is 34.1. The summed E-state index contributed by atoms with van der Waals surface area (Å²) in [4.78, 5) is 0. The maximum atomic E-state index is 14.5. The molecule has 1 nitrogen and oxygen atoms in total. The lowest BCUT2D eigenvalue weighted by Crippen LogP contribution is -2.17. The van der Waals surface area contributed by atoms with Crippen molar-refractivity contribution in [3.63, 3.8) is 0 Å². The highest BCUT2D eigenvalue weighted by atomic mass is 19.2. The number of halogens is 2. The van der Waals surface area contributed by atoms with E-state index < -0.39 is 11.6 Å². The van der Waals surface area contributed by atoms with E-state index >= 15 is 0 Å². The van der Waals surface area contributed by atoms with Gasteiger partial charge in [0.25, 0.3) is 0 Å². The summed E-state index contributed by atoms with van der Waals surface area (Å²) in [5, 5.41) is 0. The molecule has 0 radical (unpaired) electrons. The largest absolute Gasteiger partial charge is 0.490 e. The summed E-state index contributed by atoms with van der Waals surface area (Å²) in [5.74, 6) is -0.307. The molecule has 1 saturated carbocycles. The fourth-order valence-corrected chi connectivity index (χ4v) is 4.20. The molecule has 128 valence electrons. The normalized spacial score (nSPS) is 24.1. The number of ether oxygens (including phenoxy) is 1. The molecule has 3 heteroatoms. The summed E-state index contributed by atoms with van der Waals surface area (Å²) in [6, 6.07) is 1.88. The van der Waals surface area contributed by atoms with Crippen LogP contribution in [0.4, 0.5) is 8.78 Å². The minimum absolute atomic E-state index is 0.158. The number of unbranched alkanes of at least 4 members (excludes halogenated alkanes) is 2. The van der Waals surface area contributed by atoms with Crippen molar-refractivity contribution in [1.82, 2.24) is 0 Å². The lowest BCUT2D eigenvalue weighted by molar-refractivity contribution is 0.263. The molecule has 0 spiro atoms. The van der Waals surface area contributed by atoms with Crippen molar-refractivity contribution < 1.29 is 13.5 Å². The number of fused-ring (bicyclic) bond motifs is 1. The second-order valence-electron chi connectivity index (χ2n) is 7.25. The summed E-state index contributed by atoms with van der Waals surface area (Å²) in [5.41, 5.74) is 1.45. The first kappa shape index (κ1) is 16.7. The van der Waals surface area contributed by atoms with Gasteiger partial charge in [-0.2, -0.15) is 4.39 Å². The number of hydrogen-bond donors (Lipinski definition) is 0. The standard InChI is InChI=1S/C20H28F2O/c1-2-3-4-6-14-8-10-15(11-9-14)17-13-16-7-5-12-23-20(16)19(22)18(17)21/h13-15H,2-12H2,1H3/t14-,15-. The van der Waals surface area contributed by atoms with Gasteiger partial charge in [-0.05, 0) is 67.6 Å². The molecule has 3 rings (SSSR count). The van der Waals surface area contributed by atoms with Crippen LogP contribution >= 0.6 is 0 Å². The topological polar surface area (TPSA) is 9.23 Å². The van der Waals surface area contributed by atoms with Gasteiger partial charge < -0.3 is 4.74 Å². The van der Waals surface area contributed by atoms with Gasteiger partial charge in [0, 0.05) is 0 Å². The minimum atomic E-state index is -0.762. The van der Waals surface area contributed by atoms with Crippen molar-refractivity contribution in [2.24, 2.45) is 5.92 Å². The van der Waals surface area contributed by atoms with Gasteiger partial charge >= 0.3 is 0 Å². The summed E-state index contributed by atoms with van der Waals surface area (Å²) in [6.07, 6.45) is 11.2. The third-order valence-electron chi connectivity index (χ3n) is 5.61. The van der Waals surface area contributed by atoms with Crippen LogP contribution in [-0.2, 0) is 6.42 Å². The molecule has 0 bridgehead atoms. The highest BCUT2D eigenvalue weighted by molar-refractivity contribution is 5.42. The molecular weight excluding hydrogens is 294 g/mol. The Morgan fingerprint density at radius 2 is 1.87 bits per heavy atom. The van der Waals surface area contributed by atoms with Crippen LogP contribution in [0.1, 0.15) is 81.8 Å². The van der Waals surface area contributed by atoms with E-state index in [4.69, 9.17) is 4.74 Å². The highest BCUT2D eigenvalue weighted by Crippen LogP contribution is 2.42. The van der Waals surface area contributed by atoms with E-state index in [0.717, 1.165) is 50.0 Å². The summed E-state index contributed by atoms with van der Waals surface area (Å²) in [6.45, 7) is 2.72. The zero-order valence-electron chi connectivity index (χ0n) is 14.2. The molecule has 23 heavy (non-hydrogen) atoms. The Hall–Kier alpha value is -1.12. The Labute approximate surface area is 138 Å². The van der Waals surface area contributed by atoms with Crippen molar-refractivity contribution in [3.05, 3.63) is 28.8 Å². The van der Waals surface area contributed by atoms with Crippen LogP contribution in [0.5, 0.6) is 5.75 Å². The molecule has 1 aliphatic carbocycles. The number of hydrogen-bond acceptors (Lipinski definition) is 1. The first-order valence-electron chi connectivity index (χ1n) is 9.34. The first-order valence-corrected chi connectivity index (χ1v) is 9.34. The molecule has 1 fully saturated rings. The van der Waals surface area contributed by atoms with Crippen LogP contribution < -0.4 is 4.74 Å². The molecule has 1 aromatic rings. The molecular formula is C20H28F2O. The Morgan fingerprint density at radius 3 is 2.61 bits per heavy atom. The second-order valence-corrected chi connectivity index (χ2v) is 7.25. The van der Waals surface area contributed by atoms with Gasteiger partial charge in [0.15, 0.2) is 11.6 Å².